The number of aromatic nitrogens is 2. The van der Waals surface area contributed by atoms with E-state index < -0.39 is 12.0 Å². The highest BCUT2D eigenvalue weighted by atomic mass is 16.4. The predicted octanol–water partition coefficient (Wildman–Crippen LogP) is -0.203. The van der Waals surface area contributed by atoms with Crippen molar-refractivity contribution in [2.45, 2.75) is 18.5 Å². The van der Waals surface area contributed by atoms with Crippen molar-refractivity contribution in [2.24, 2.45) is 11.5 Å². The van der Waals surface area contributed by atoms with Gasteiger partial charge in [-0.2, -0.15) is 0 Å². The van der Waals surface area contributed by atoms with Crippen LogP contribution < -0.4 is 11.5 Å². The number of phenolic OH excluding ortho intramolecular Hbond substituents is 2. The van der Waals surface area contributed by atoms with Gasteiger partial charge in [-0.15, -0.1) is 0 Å². The smallest absolute Gasteiger partial charge is 0.320 e. The lowest BCUT2D eigenvalue weighted by molar-refractivity contribution is -0.138. The summed E-state index contributed by atoms with van der Waals surface area (Å²) in [5.74, 6) is -1.57. The number of hydrogen-bond donors (Lipinski definition) is 5. The molecule has 0 amide bonds. The van der Waals surface area contributed by atoms with Gasteiger partial charge in [0, 0.05) is 24.9 Å². The Morgan fingerprint density at radius 2 is 2.05 bits per heavy atom. The van der Waals surface area contributed by atoms with E-state index in [0.29, 0.717) is 11.3 Å². The highest BCUT2D eigenvalue weighted by Crippen LogP contribution is 2.29. The normalized spacial score (nSPS) is 13.7. The fraction of sp³-hybridized carbons (Fsp3) is 0.286. The summed E-state index contributed by atoms with van der Waals surface area (Å²) in [6, 6.07) is 3.01. The summed E-state index contributed by atoms with van der Waals surface area (Å²) >= 11 is 0. The third-order valence-electron chi connectivity index (χ3n) is 3.44. The lowest BCUT2D eigenvalue weighted by atomic mass is 10.0. The highest BCUT2D eigenvalue weighted by Gasteiger charge is 2.20. The molecule has 22 heavy (non-hydrogen) atoms. The van der Waals surface area contributed by atoms with E-state index in [1.165, 1.54) is 24.7 Å². The van der Waals surface area contributed by atoms with Gasteiger partial charge in [-0.05, 0) is 17.7 Å². The van der Waals surface area contributed by atoms with Crippen molar-refractivity contribution >= 4 is 5.97 Å². The maximum absolute atomic E-state index is 10.9. The van der Waals surface area contributed by atoms with Gasteiger partial charge in [0.1, 0.15) is 6.04 Å². The van der Waals surface area contributed by atoms with Crippen LogP contribution in [-0.4, -0.2) is 43.4 Å². The summed E-state index contributed by atoms with van der Waals surface area (Å²) in [6.45, 7) is 0.204. The van der Waals surface area contributed by atoms with Gasteiger partial charge in [-0.3, -0.25) is 4.79 Å². The molecule has 0 aliphatic rings. The molecule has 1 heterocycles. The zero-order valence-corrected chi connectivity index (χ0v) is 11.8. The number of rotatable bonds is 6. The Bertz CT molecular complexity index is 671. The number of hydrogen-bond acceptors (Lipinski definition) is 6. The molecule has 0 aliphatic carbocycles. The number of benzene rings is 1. The Morgan fingerprint density at radius 3 is 2.64 bits per heavy atom. The zero-order valence-electron chi connectivity index (χ0n) is 11.8. The summed E-state index contributed by atoms with van der Waals surface area (Å²) < 4.78 is 1.72. The fourth-order valence-electron chi connectivity index (χ4n) is 2.24. The van der Waals surface area contributed by atoms with Gasteiger partial charge >= 0.3 is 5.97 Å². The second-order valence-corrected chi connectivity index (χ2v) is 4.94. The molecular formula is C14H18N4O4. The quantitative estimate of drug-likeness (QED) is 0.464. The molecule has 1 aromatic carbocycles. The van der Waals surface area contributed by atoms with E-state index in [-0.39, 0.29) is 30.5 Å². The number of imidazole rings is 1. The molecule has 0 radical (unpaired) electrons. The highest BCUT2D eigenvalue weighted by molar-refractivity contribution is 5.73. The van der Waals surface area contributed by atoms with Crippen molar-refractivity contribution in [1.82, 2.24) is 9.55 Å². The number of carboxylic acid groups (broad SMARTS) is 1. The maximum Gasteiger partial charge on any atom is 0.320 e. The van der Waals surface area contributed by atoms with Crippen molar-refractivity contribution in [3.05, 3.63) is 42.0 Å². The molecule has 118 valence electrons. The summed E-state index contributed by atoms with van der Waals surface area (Å²) in [4.78, 5) is 14.9. The minimum absolute atomic E-state index is 0.107. The molecule has 0 saturated heterocycles. The topological polar surface area (TPSA) is 148 Å². The van der Waals surface area contributed by atoms with E-state index in [4.69, 9.17) is 16.6 Å². The molecule has 2 atom stereocenters. The second-order valence-electron chi connectivity index (χ2n) is 4.94. The maximum atomic E-state index is 10.9. The number of nitrogens with zero attached hydrogens (tertiary/aromatic N) is 2. The number of nitrogens with two attached hydrogens (primary N) is 2. The van der Waals surface area contributed by atoms with Crippen molar-refractivity contribution in [1.29, 1.82) is 0 Å². The Morgan fingerprint density at radius 1 is 1.32 bits per heavy atom. The van der Waals surface area contributed by atoms with Crippen molar-refractivity contribution in [3.8, 4) is 11.5 Å². The summed E-state index contributed by atoms with van der Waals surface area (Å²) in [6.07, 6.45) is 3.17. The number of carboxylic acids is 1. The summed E-state index contributed by atoms with van der Waals surface area (Å²) in [5, 5.41) is 27.9. The average molecular weight is 306 g/mol. The van der Waals surface area contributed by atoms with E-state index >= 15 is 0 Å². The van der Waals surface area contributed by atoms with Gasteiger partial charge < -0.3 is 31.4 Å². The van der Waals surface area contributed by atoms with Crippen LogP contribution in [0.2, 0.25) is 0 Å². The first-order valence-corrected chi connectivity index (χ1v) is 6.65. The monoisotopic (exact) mass is 306 g/mol. The number of phenols is 2. The predicted molar refractivity (Wildman–Crippen MR) is 78.5 cm³/mol. The molecule has 2 rings (SSSR count). The van der Waals surface area contributed by atoms with Gasteiger partial charge in [-0.1, -0.05) is 6.07 Å². The van der Waals surface area contributed by atoms with E-state index in [0.717, 1.165) is 0 Å². The molecule has 0 saturated carbocycles. The van der Waals surface area contributed by atoms with Gasteiger partial charge in [0.05, 0.1) is 12.4 Å². The van der Waals surface area contributed by atoms with Crippen LogP contribution >= 0.6 is 0 Å². The molecule has 8 nitrogen and oxygen atoms in total. The SMILES string of the molecule is NCC(c1ccc(O)c(O)c1)n1cncc1C[C@H](N)C(=O)O. The average Bonchev–Trinajstić information content (AvgIpc) is 2.91. The van der Waals surface area contributed by atoms with Gasteiger partial charge in [0.2, 0.25) is 0 Å². The Kier molecular flexibility index (Phi) is 4.64. The lowest BCUT2D eigenvalue weighted by Gasteiger charge is -2.21. The first-order valence-electron chi connectivity index (χ1n) is 6.65. The van der Waals surface area contributed by atoms with E-state index in [2.05, 4.69) is 4.98 Å². The fourth-order valence-corrected chi connectivity index (χ4v) is 2.24. The number of carbonyl (C=O) groups is 1. The number of aromatic hydroxyl groups is 2. The van der Waals surface area contributed by atoms with E-state index in [1.807, 2.05) is 0 Å². The van der Waals surface area contributed by atoms with E-state index in [1.54, 1.807) is 10.6 Å². The van der Waals surface area contributed by atoms with Crippen LogP contribution in [0.25, 0.3) is 0 Å². The molecule has 1 aromatic heterocycles. The van der Waals surface area contributed by atoms with Crippen molar-refractivity contribution < 1.29 is 20.1 Å². The van der Waals surface area contributed by atoms with Crippen LogP contribution in [-0.2, 0) is 11.2 Å². The van der Waals surface area contributed by atoms with Crippen LogP contribution in [0, 0.1) is 0 Å². The molecule has 7 N–H and O–H groups in total. The summed E-state index contributed by atoms with van der Waals surface area (Å²) in [7, 11) is 0. The molecule has 1 unspecified atom stereocenters. The van der Waals surface area contributed by atoms with E-state index in [9.17, 15) is 15.0 Å². The minimum atomic E-state index is -1.10. The molecule has 0 bridgehead atoms. The van der Waals surface area contributed by atoms with Gasteiger partial charge in [0.15, 0.2) is 11.5 Å². The molecule has 0 fully saturated rings. The molecule has 2 aromatic rings. The van der Waals surface area contributed by atoms with Gasteiger partial charge in [0.25, 0.3) is 0 Å². The van der Waals surface area contributed by atoms with Crippen LogP contribution in [0.3, 0.4) is 0 Å². The lowest BCUT2D eigenvalue weighted by Crippen LogP contribution is -2.33. The van der Waals surface area contributed by atoms with Crippen molar-refractivity contribution in [2.75, 3.05) is 6.54 Å². The molecule has 0 spiro atoms. The first kappa shape index (κ1) is 15.8. The minimum Gasteiger partial charge on any atom is -0.504 e. The first-order chi connectivity index (χ1) is 10.4. The third kappa shape index (κ3) is 3.18. The molecule has 8 heteroatoms. The largest absolute Gasteiger partial charge is 0.504 e. The van der Waals surface area contributed by atoms with Crippen LogP contribution in [0.5, 0.6) is 11.5 Å². The zero-order chi connectivity index (χ0) is 16.3. The van der Waals surface area contributed by atoms with Crippen molar-refractivity contribution in [3.63, 3.8) is 0 Å². The Balaban J connectivity index is 2.34. The molecule has 0 aliphatic heterocycles. The summed E-state index contributed by atoms with van der Waals surface area (Å²) in [5.41, 5.74) is 12.6. The Hall–Kier alpha value is -2.58. The second kappa shape index (κ2) is 6.46. The molecular weight excluding hydrogens is 288 g/mol. The Labute approximate surface area is 126 Å². The standard InChI is InChI=1S/C14H18N4O4/c15-5-11(8-1-2-12(19)13(20)3-8)18-7-17-6-9(18)4-10(16)14(21)22/h1-3,6-7,10-11,19-20H,4-5,15-16H2,(H,21,22)/t10-,11?/m0/s1. The van der Waals surface area contributed by atoms with Crippen LogP contribution in [0.4, 0.5) is 0 Å². The third-order valence-corrected chi connectivity index (χ3v) is 3.44. The number of aliphatic carboxylic acids is 1. The van der Waals surface area contributed by atoms with Crippen LogP contribution in [0.15, 0.2) is 30.7 Å². The van der Waals surface area contributed by atoms with Gasteiger partial charge in [-0.25, -0.2) is 4.98 Å². The van der Waals surface area contributed by atoms with Crippen LogP contribution in [0.1, 0.15) is 17.3 Å².